The molecule has 0 unspecified atom stereocenters. The zero-order chi connectivity index (χ0) is 26.4. The molecule has 2 atom stereocenters. The van der Waals surface area contributed by atoms with Gasteiger partial charge in [0.2, 0.25) is 0 Å². The van der Waals surface area contributed by atoms with Gasteiger partial charge in [-0.25, -0.2) is 0 Å². The Morgan fingerprint density at radius 3 is 2.47 bits per heavy atom. The summed E-state index contributed by atoms with van der Waals surface area (Å²) in [5.74, 6) is 1.19. The van der Waals surface area contributed by atoms with Gasteiger partial charge in [0.05, 0.1) is 42.6 Å². The van der Waals surface area contributed by atoms with Crippen molar-refractivity contribution in [2.75, 3.05) is 24.9 Å². The van der Waals surface area contributed by atoms with Gasteiger partial charge in [-0.1, -0.05) is 29.8 Å². The van der Waals surface area contributed by atoms with E-state index >= 15 is 0 Å². The van der Waals surface area contributed by atoms with Crippen LogP contribution in [-0.2, 0) is 4.79 Å². The molecule has 7 nitrogen and oxygen atoms in total. The molecule has 0 amide bonds. The van der Waals surface area contributed by atoms with Crippen LogP contribution in [0, 0.1) is 6.92 Å². The van der Waals surface area contributed by atoms with E-state index in [9.17, 15) is 9.59 Å². The van der Waals surface area contributed by atoms with Crippen molar-refractivity contribution in [3.8, 4) is 11.5 Å². The summed E-state index contributed by atoms with van der Waals surface area (Å²) in [4.78, 5) is 27.6. The lowest BCUT2D eigenvalue weighted by Gasteiger charge is -2.29. The highest BCUT2D eigenvalue weighted by molar-refractivity contribution is 6.01. The highest BCUT2D eigenvalue weighted by atomic mass is 16.5. The summed E-state index contributed by atoms with van der Waals surface area (Å²) in [5, 5.41) is 7.49. The SMILES string of the molecule is COc1ccc([C@@H]2CC(=O)C3=C(C2)Nc2ccccc2N[C@@H]3c2coc3ccc(C)cc3c2=O)cc1OC. The molecule has 2 N–H and O–H groups in total. The van der Waals surface area contributed by atoms with Gasteiger partial charge in [-0.3, -0.25) is 9.59 Å². The molecular weight excluding hydrogens is 480 g/mol. The van der Waals surface area contributed by atoms with Crippen molar-refractivity contribution in [3.05, 3.63) is 105 Å². The van der Waals surface area contributed by atoms with Crippen LogP contribution in [0.25, 0.3) is 11.0 Å². The van der Waals surface area contributed by atoms with Gasteiger partial charge in [-0.2, -0.15) is 0 Å². The van der Waals surface area contributed by atoms with E-state index in [1.165, 1.54) is 6.26 Å². The van der Waals surface area contributed by atoms with Crippen LogP contribution >= 0.6 is 0 Å². The van der Waals surface area contributed by atoms with Crippen molar-refractivity contribution in [1.82, 2.24) is 0 Å². The molecular formula is C31H28N2O5. The minimum atomic E-state index is -0.652. The first-order valence-corrected chi connectivity index (χ1v) is 12.6. The number of rotatable bonds is 4. The van der Waals surface area contributed by atoms with Crippen LogP contribution in [0.4, 0.5) is 11.4 Å². The van der Waals surface area contributed by atoms with Crippen LogP contribution in [0.2, 0.25) is 0 Å². The number of carbonyl (C=O) groups is 1. The number of para-hydroxylation sites is 2. The molecule has 192 valence electrons. The van der Waals surface area contributed by atoms with E-state index in [0.29, 0.717) is 46.4 Å². The van der Waals surface area contributed by atoms with Gasteiger partial charge < -0.3 is 24.5 Å². The van der Waals surface area contributed by atoms with Crippen LogP contribution in [0.5, 0.6) is 11.5 Å². The second-order valence-electron chi connectivity index (χ2n) is 9.80. The molecule has 1 aromatic heterocycles. The molecule has 7 heteroatoms. The summed E-state index contributed by atoms with van der Waals surface area (Å²) >= 11 is 0. The van der Waals surface area contributed by atoms with Gasteiger partial charge in [-0.15, -0.1) is 0 Å². The van der Waals surface area contributed by atoms with E-state index in [0.717, 1.165) is 28.2 Å². The minimum absolute atomic E-state index is 0.0208. The van der Waals surface area contributed by atoms with Gasteiger partial charge in [0.25, 0.3) is 0 Å². The fourth-order valence-electron chi connectivity index (χ4n) is 5.53. The predicted molar refractivity (Wildman–Crippen MR) is 147 cm³/mol. The van der Waals surface area contributed by atoms with E-state index in [-0.39, 0.29) is 17.1 Å². The zero-order valence-corrected chi connectivity index (χ0v) is 21.5. The Kier molecular flexibility index (Phi) is 5.91. The number of hydrogen-bond acceptors (Lipinski definition) is 7. The van der Waals surface area contributed by atoms with Gasteiger partial charge in [0.1, 0.15) is 11.8 Å². The predicted octanol–water partition coefficient (Wildman–Crippen LogP) is 6.10. The molecule has 0 saturated carbocycles. The van der Waals surface area contributed by atoms with E-state index in [4.69, 9.17) is 13.9 Å². The third kappa shape index (κ3) is 4.00. The minimum Gasteiger partial charge on any atom is -0.493 e. The van der Waals surface area contributed by atoms with Gasteiger partial charge in [-0.05, 0) is 61.2 Å². The number of fused-ring (bicyclic) bond motifs is 2. The van der Waals surface area contributed by atoms with Gasteiger partial charge in [0.15, 0.2) is 22.7 Å². The van der Waals surface area contributed by atoms with Crippen molar-refractivity contribution < 1.29 is 18.7 Å². The molecule has 0 saturated heterocycles. The monoisotopic (exact) mass is 508 g/mol. The Hall–Kier alpha value is -4.52. The lowest BCUT2D eigenvalue weighted by Crippen LogP contribution is -2.29. The van der Waals surface area contributed by atoms with Crippen molar-refractivity contribution in [3.63, 3.8) is 0 Å². The second kappa shape index (κ2) is 9.41. The van der Waals surface area contributed by atoms with Crippen LogP contribution in [-0.4, -0.2) is 20.0 Å². The van der Waals surface area contributed by atoms with Crippen molar-refractivity contribution in [2.45, 2.75) is 31.7 Å². The number of anilines is 2. The average molecular weight is 509 g/mol. The number of nitrogens with one attached hydrogen (secondary N) is 2. The summed E-state index contributed by atoms with van der Waals surface area (Å²) in [5.41, 5.74) is 5.77. The smallest absolute Gasteiger partial charge is 0.198 e. The Bertz CT molecular complexity index is 1670. The molecule has 0 bridgehead atoms. The van der Waals surface area contributed by atoms with Crippen molar-refractivity contribution >= 4 is 28.1 Å². The zero-order valence-electron chi connectivity index (χ0n) is 21.5. The summed E-state index contributed by atoms with van der Waals surface area (Å²) < 4.78 is 16.8. The van der Waals surface area contributed by atoms with E-state index in [2.05, 4.69) is 10.6 Å². The lowest BCUT2D eigenvalue weighted by molar-refractivity contribution is -0.116. The third-order valence-corrected chi connectivity index (χ3v) is 7.45. The molecule has 2 aliphatic rings. The molecule has 0 spiro atoms. The van der Waals surface area contributed by atoms with Crippen LogP contribution in [0.1, 0.15) is 41.5 Å². The fourth-order valence-corrected chi connectivity index (χ4v) is 5.53. The molecule has 0 radical (unpaired) electrons. The number of carbonyl (C=O) groups excluding carboxylic acids is 1. The maximum absolute atomic E-state index is 13.9. The van der Waals surface area contributed by atoms with Gasteiger partial charge in [0, 0.05) is 17.7 Å². The highest BCUT2D eigenvalue weighted by Gasteiger charge is 2.37. The highest BCUT2D eigenvalue weighted by Crippen LogP contribution is 2.45. The molecule has 1 aliphatic carbocycles. The number of benzene rings is 3. The normalized spacial score (nSPS) is 18.7. The topological polar surface area (TPSA) is 89.8 Å². The van der Waals surface area contributed by atoms with Crippen molar-refractivity contribution in [1.29, 1.82) is 0 Å². The number of ketones is 1. The first-order chi connectivity index (χ1) is 18.5. The Morgan fingerprint density at radius 1 is 0.895 bits per heavy atom. The van der Waals surface area contributed by atoms with Crippen LogP contribution in [0.3, 0.4) is 0 Å². The first-order valence-electron chi connectivity index (χ1n) is 12.6. The standard InChI is InChI=1S/C31H28N2O5/c1-17-8-10-26-20(12-17)31(35)21(16-38-26)30-29-24(32-22-6-4-5-7-23(22)33-30)13-19(14-25(29)34)18-9-11-27(36-2)28(15-18)37-3/h4-12,15-16,19,30,32-33H,13-14H2,1-3H3/t19-,30+/m0/s1. The van der Waals surface area contributed by atoms with Crippen LogP contribution in [0.15, 0.2) is 87.4 Å². The number of Topliss-reactive ketones (excluding diaryl/α,β-unsaturated/α-hetero) is 1. The van der Waals surface area contributed by atoms with E-state index in [1.54, 1.807) is 20.3 Å². The first kappa shape index (κ1) is 23.9. The Labute approximate surface area is 220 Å². The largest absolute Gasteiger partial charge is 0.493 e. The molecule has 1 aliphatic heterocycles. The van der Waals surface area contributed by atoms with E-state index < -0.39 is 6.04 Å². The molecule has 0 fully saturated rings. The number of ether oxygens (including phenoxy) is 2. The van der Waals surface area contributed by atoms with Crippen LogP contribution < -0.4 is 25.5 Å². The summed E-state index contributed by atoms with van der Waals surface area (Å²) in [6.07, 6.45) is 2.40. The van der Waals surface area contributed by atoms with E-state index in [1.807, 2.05) is 61.5 Å². The number of allylic oxidation sites excluding steroid dienone is 1. The maximum Gasteiger partial charge on any atom is 0.198 e. The third-order valence-electron chi connectivity index (χ3n) is 7.45. The van der Waals surface area contributed by atoms with Crippen molar-refractivity contribution in [2.24, 2.45) is 0 Å². The second-order valence-corrected chi connectivity index (χ2v) is 9.80. The maximum atomic E-state index is 13.9. The number of hydrogen-bond donors (Lipinski definition) is 2. The lowest BCUT2D eigenvalue weighted by atomic mass is 9.78. The average Bonchev–Trinajstić information content (AvgIpc) is 3.10. The summed E-state index contributed by atoms with van der Waals surface area (Å²) in [7, 11) is 3.20. The quantitative estimate of drug-likeness (QED) is 0.344. The molecule has 6 rings (SSSR count). The Balaban J connectivity index is 1.48. The molecule has 38 heavy (non-hydrogen) atoms. The summed E-state index contributed by atoms with van der Waals surface area (Å²) in [6, 6.07) is 18.4. The Morgan fingerprint density at radius 2 is 1.68 bits per heavy atom. The fraction of sp³-hybridized carbons (Fsp3) is 0.226. The summed E-state index contributed by atoms with van der Waals surface area (Å²) in [6.45, 7) is 1.94. The number of aryl methyl sites for hydroxylation is 1. The molecule has 2 heterocycles. The molecule has 3 aromatic carbocycles. The molecule has 4 aromatic rings. The number of methoxy groups -OCH3 is 2. The van der Waals surface area contributed by atoms with Gasteiger partial charge >= 0.3 is 0 Å².